The van der Waals surface area contributed by atoms with Crippen molar-refractivity contribution in [1.29, 1.82) is 0 Å². The van der Waals surface area contributed by atoms with E-state index in [1.807, 2.05) is 64.3 Å². The van der Waals surface area contributed by atoms with Crippen LogP contribution in [0.2, 0.25) is 0 Å². The van der Waals surface area contributed by atoms with Crippen LogP contribution in [0.1, 0.15) is 52.5 Å². The maximum absolute atomic E-state index is 13.5. The van der Waals surface area contributed by atoms with Gasteiger partial charge in [0.1, 0.15) is 18.1 Å². The zero-order valence-electron chi connectivity index (χ0n) is 25.0. The third kappa shape index (κ3) is 15.3. The summed E-state index contributed by atoms with van der Waals surface area (Å²) in [5.74, 6) is -1.18. The van der Waals surface area contributed by atoms with Gasteiger partial charge in [0.05, 0.1) is 20.1 Å². The molecule has 230 valence electrons. The van der Waals surface area contributed by atoms with Crippen molar-refractivity contribution in [2.75, 3.05) is 32.3 Å². The topological polar surface area (TPSA) is 152 Å². The Morgan fingerprint density at radius 2 is 1.46 bits per heavy atom. The Labute approximate surface area is 247 Å². The predicted octanol–water partition coefficient (Wildman–Crippen LogP) is 2.43. The van der Waals surface area contributed by atoms with Crippen LogP contribution in [-0.2, 0) is 35.1 Å². The zero-order chi connectivity index (χ0) is 30.8. The number of methoxy groups -OCH3 is 1. The van der Waals surface area contributed by atoms with Gasteiger partial charge in [-0.1, -0.05) is 58.0 Å². The molecule has 3 unspecified atom stereocenters. The third-order valence-corrected chi connectivity index (χ3v) is 6.52. The molecule has 4 N–H and O–H groups in total. The van der Waals surface area contributed by atoms with Gasteiger partial charge < -0.3 is 30.7 Å². The molecule has 1 aromatic rings. The number of carbonyl (C=O) groups excluding carboxylic acids is 5. The number of hydrogen-bond donors (Lipinski definition) is 4. The molecule has 3 atom stereocenters. The van der Waals surface area contributed by atoms with E-state index in [1.54, 1.807) is 0 Å². The van der Waals surface area contributed by atoms with Crippen molar-refractivity contribution in [2.24, 2.45) is 11.8 Å². The fraction of sp³-hybridized carbons (Fsp3) is 0.621. The van der Waals surface area contributed by atoms with Crippen LogP contribution >= 0.6 is 11.8 Å². The monoisotopic (exact) mass is 594 g/mol. The molecule has 0 aliphatic rings. The fourth-order valence-corrected chi connectivity index (χ4v) is 4.22. The number of ether oxygens (including phenoxy) is 2. The number of rotatable bonds is 18. The molecule has 0 heterocycles. The van der Waals surface area contributed by atoms with Gasteiger partial charge in [0.2, 0.25) is 17.7 Å². The molecule has 1 rings (SSSR count). The number of thioether (sulfide) groups is 1. The lowest BCUT2D eigenvalue weighted by molar-refractivity contribution is -0.140. The minimum absolute atomic E-state index is 0.00961. The minimum Gasteiger partial charge on any atom is -0.469 e. The third-order valence-electron chi connectivity index (χ3n) is 5.88. The second-order valence-corrected chi connectivity index (χ2v) is 11.5. The van der Waals surface area contributed by atoms with Crippen molar-refractivity contribution in [3.63, 3.8) is 0 Å². The van der Waals surface area contributed by atoms with Gasteiger partial charge in [0, 0.05) is 13.0 Å². The zero-order valence-corrected chi connectivity index (χ0v) is 25.8. The van der Waals surface area contributed by atoms with Gasteiger partial charge >= 0.3 is 12.1 Å². The van der Waals surface area contributed by atoms with Crippen molar-refractivity contribution < 1.29 is 33.4 Å². The van der Waals surface area contributed by atoms with Gasteiger partial charge in [-0.25, -0.2) is 4.79 Å². The highest BCUT2D eigenvalue weighted by atomic mass is 32.2. The van der Waals surface area contributed by atoms with E-state index in [1.165, 1.54) is 18.9 Å². The van der Waals surface area contributed by atoms with E-state index >= 15 is 0 Å². The first-order valence-electron chi connectivity index (χ1n) is 13.9. The standard InChI is InChI=1S/C29H46N4O7S/c1-19(2)16-23(31-27(36)22(13-15-41-6)33-29(38)40-18-20(3)4)28(37)32-24(17-21-10-8-7-9-11-21)26(35)30-14-12-25(34)39-5/h7-11,19-20,22-24H,12-18H2,1-6H3,(H,30,35)(H,31,36)(H,32,37)(H,33,38). The maximum atomic E-state index is 13.5. The first-order chi connectivity index (χ1) is 19.5. The Balaban J connectivity index is 3.05. The van der Waals surface area contributed by atoms with E-state index in [-0.39, 0.29) is 37.8 Å². The molecule has 0 bridgehead atoms. The fourth-order valence-electron chi connectivity index (χ4n) is 3.75. The number of nitrogens with one attached hydrogen (secondary N) is 4. The lowest BCUT2D eigenvalue weighted by atomic mass is 10.0. The van der Waals surface area contributed by atoms with Gasteiger partial charge in [-0.15, -0.1) is 0 Å². The van der Waals surface area contributed by atoms with E-state index < -0.39 is 47.9 Å². The summed E-state index contributed by atoms with van der Waals surface area (Å²) >= 11 is 1.53. The van der Waals surface area contributed by atoms with Crippen molar-refractivity contribution in [3.05, 3.63) is 35.9 Å². The first kappa shape index (κ1) is 35.7. The van der Waals surface area contributed by atoms with Crippen LogP contribution in [-0.4, -0.2) is 80.2 Å². The Hall–Kier alpha value is -3.28. The molecule has 11 nitrogen and oxygen atoms in total. The summed E-state index contributed by atoms with van der Waals surface area (Å²) in [6, 6.07) is 6.40. The van der Waals surface area contributed by atoms with E-state index in [2.05, 4.69) is 26.0 Å². The normalized spacial score (nSPS) is 13.1. The number of esters is 1. The molecule has 0 saturated carbocycles. The van der Waals surface area contributed by atoms with E-state index in [0.717, 1.165) is 5.56 Å². The summed E-state index contributed by atoms with van der Waals surface area (Å²) in [5.41, 5.74) is 0.826. The van der Waals surface area contributed by atoms with Crippen LogP contribution in [0.15, 0.2) is 30.3 Å². The largest absolute Gasteiger partial charge is 0.469 e. The highest BCUT2D eigenvalue weighted by Gasteiger charge is 2.30. The van der Waals surface area contributed by atoms with Crippen molar-refractivity contribution in [2.45, 2.75) is 71.5 Å². The molecule has 0 fully saturated rings. The first-order valence-corrected chi connectivity index (χ1v) is 15.3. The molecule has 1 aromatic carbocycles. The number of carbonyl (C=O) groups is 5. The van der Waals surface area contributed by atoms with Crippen LogP contribution in [0.5, 0.6) is 0 Å². The lowest BCUT2D eigenvalue weighted by Crippen LogP contribution is -2.57. The van der Waals surface area contributed by atoms with Crippen molar-refractivity contribution in [1.82, 2.24) is 21.3 Å². The van der Waals surface area contributed by atoms with Gasteiger partial charge in [-0.2, -0.15) is 11.8 Å². The van der Waals surface area contributed by atoms with Gasteiger partial charge in [0.15, 0.2) is 0 Å². The van der Waals surface area contributed by atoms with E-state index in [4.69, 9.17) is 4.74 Å². The minimum atomic E-state index is -0.953. The van der Waals surface area contributed by atoms with Gasteiger partial charge in [0.25, 0.3) is 0 Å². The quantitative estimate of drug-likeness (QED) is 0.189. The molecule has 4 amide bonds. The summed E-state index contributed by atoms with van der Waals surface area (Å²) < 4.78 is 9.80. The van der Waals surface area contributed by atoms with Crippen LogP contribution in [0, 0.1) is 11.8 Å². The van der Waals surface area contributed by atoms with Crippen LogP contribution in [0.4, 0.5) is 4.79 Å². The molecule has 0 saturated heterocycles. The van der Waals surface area contributed by atoms with Crippen LogP contribution in [0.3, 0.4) is 0 Å². The molecule has 0 aromatic heterocycles. The average molecular weight is 595 g/mol. The SMILES string of the molecule is COC(=O)CCNC(=O)C(Cc1ccccc1)NC(=O)C(CC(C)C)NC(=O)C(CCSC)NC(=O)OCC(C)C. The summed E-state index contributed by atoms with van der Waals surface area (Å²) in [6.45, 7) is 7.91. The average Bonchev–Trinajstić information content (AvgIpc) is 2.93. The Morgan fingerprint density at radius 1 is 0.829 bits per heavy atom. The molecular weight excluding hydrogens is 548 g/mol. The second kappa shape index (κ2) is 19.7. The van der Waals surface area contributed by atoms with Gasteiger partial charge in [-0.3, -0.25) is 19.2 Å². The molecule has 0 spiro atoms. The summed E-state index contributed by atoms with van der Waals surface area (Å²) in [6.07, 6.45) is 2.05. The Morgan fingerprint density at radius 3 is 2.05 bits per heavy atom. The van der Waals surface area contributed by atoms with Crippen LogP contribution in [0.25, 0.3) is 0 Å². The second-order valence-electron chi connectivity index (χ2n) is 10.5. The van der Waals surface area contributed by atoms with Crippen LogP contribution < -0.4 is 21.3 Å². The summed E-state index contributed by atoms with van der Waals surface area (Å²) in [5, 5.41) is 10.8. The molecule has 0 radical (unpaired) electrons. The molecule has 41 heavy (non-hydrogen) atoms. The smallest absolute Gasteiger partial charge is 0.407 e. The highest BCUT2D eigenvalue weighted by molar-refractivity contribution is 7.98. The van der Waals surface area contributed by atoms with E-state index in [9.17, 15) is 24.0 Å². The number of alkyl carbamates (subject to hydrolysis) is 1. The molecular formula is C29H46N4O7S. The number of hydrogen-bond acceptors (Lipinski definition) is 8. The maximum Gasteiger partial charge on any atom is 0.407 e. The van der Waals surface area contributed by atoms with Crippen molar-refractivity contribution >= 4 is 41.5 Å². The molecule has 0 aliphatic heterocycles. The Bertz CT molecular complexity index is 975. The lowest BCUT2D eigenvalue weighted by Gasteiger charge is -2.26. The molecule has 0 aliphatic carbocycles. The highest BCUT2D eigenvalue weighted by Crippen LogP contribution is 2.10. The van der Waals surface area contributed by atoms with Crippen molar-refractivity contribution in [3.8, 4) is 0 Å². The summed E-state index contributed by atoms with van der Waals surface area (Å²) in [7, 11) is 1.27. The summed E-state index contributed by atoms with van der Waals surface area (Å²) in [4.78, 5) is 63.6. The predicted molar refractivity (Wildman–Crippen MR) is 159 cm³/mol. The van der Waals surface area contributed by atoms with E-state index in [0.29, 0.717) is 18.6 Å². The van der Waals surface area contributed by atoms with Gasteiger partial charge in [-0.05, 0) is 42.2 Å². The number of amides is 4. The Kier molecular flexibility index (Phi) is 17.2. The number of benzene rings is 1. The molecule has 12 heteroatoms.